The van der Waals surface area contributed by atoms with Crippen molar-refractivity contribution in [2.75, 3.05) is 19.6 Å². The molecule has 2 heterocycles. The molecule has 5 nitrogen and oxygen atoms in total. The molecule has 2 aromatic rings. The van der Waals surface area contributed by atoms with E-state index in [-0.39, 0.29) is 11.7 Å². The molecule has 1 aliphatic rings. The zero-order valence-corrected chi connectivity index (χ0v) is 14.1. The minimum absolute atomic E-state index is 0.0898. The monoisotopic (exact) mass is 372 g/mol. The van der Waals surface area contributed by atoms with Gasteiger partial charge in [-0.3, -0.25) is 9.48 Å². The average Bonchev–Trinajstić information content (AvgIpc) is 2.90. The van der Waals surface area contributed by atoms with Gasteiger partial charge < -0.3 is 10.2 Å². The highest BCUT2D eigenvalue weighted by atomic mass is 35.5. The van der Waals surface area contributed by atoms with Crippen LogP contribution < -0.4 is 5.32 Å². The number of hydrogen-bond acceptors (Lipinski definition) is 3. The van der Waals surface area contributed by atoms with Gasteiger partial charge in [0.25, 0.3) is 5.91 Å². The molecule has 0 bridgehead atoms. The largest absolute Gasteiger partial charge is 0.436 e. The number of rotatable bonds is 2. The minimum Gasteiger partial charge on any atom is -0.334 e. The molecule has 25 heavy (non-hydrogen) atoms. The Bertz CT molecular complexity index is 776. The van der Waals surface area contributed by atoms with Gasteiger partial charge in [-0.15, -0.1) is 0 Å². The smallest absolute Gasteiger partial charge is 0.334 e. The molecule has 1 unspecified atom stereocenters. The number of hydrogen-bond donors (Lipinski definition) is 1. The topological polar surface area (TPSA) is 50.2 Å². The quantitative estimate of drug-likeness (QED) is 0.882. The molecule has 1 aliphatic heterocycles. The van der Waals surface area contributed by atoms with Gasteiger partial charge in [0.15, 0.2) is 5.69 Å². The summed E-state index contributed by atoms with van der Waals surface area (Å²) in [7, 11) is 1.28. The summed E-state index contributed by atoms with van der Waals surface area (Å²) in [6.07, 6.45) is -4.70. The molecule has 1 N–H and O–H groups in total. The van der Waals surface area contributed by atoms with Crippen molar-refractivity contribution >= 4 is 17.5 Å². The summed E-state index contributed by atoms with van der Waals surface area (Å²) in [5.74, 6) is -0.557. The number of amides is 1. The van der Waals surface area contributed by atoms with E-state index in [1.807, 2.05) is 30.3 Å². The van der Waals surface area contributed by atoms with Crippen LogP contribution in [-0.4, -0.2) is 40.2 Å². The maximum atomic E-state index is 12.9. The Morgan fingerprint density at radius 3 is 2.60 bits per heavy atom. The molecule has 0 aliphatic carbocycles. The van der Waals surface area contributed by atoms with Gasteiger partial charge in [-0.25, -0.2) is 0 Å². The number of alkyl halides is 3. The van der Waals surface area contributed by atoms with E-state index < -0.39 is 22.8 Å². The fourth-order valence-corrected chi connectivity index (χ4v) is 3.25. The van der Waals surface area contributed by atoms with Crippen molar-refractivity contribution < 1.29 is 18.0 Å². The highest BCUT2D eigenvalue weighted by Crippen LogP contribution is 2.36. The normalized spacial score (nSPS) is 18.4. The number of carbonyl (C=O) groups is 1. The van der Waals surface area contributed by atoms with E-state index in [0.717, 1.165) is 10.2 Å². The van der Waals surface area contributed by atoms with Crippen molar-refractivity contribution in [3.05, 3.63) is 52.3 Å². The van der Waals surface area contributed by atoms with E-state index in [0.29, 0.717) is 19.6 Å². The Labute approximate surface area is 147 Å². The Balaban J connectivity index is 1.85. The van der Waals surface area contributed by atoms with E-state index >= 15 is 0 Å². The van der Waals surface area contributed by atoms with Crippen molar-refractivity contribution in [1.82, 2.24) is 20.0 Å². The molecule has 1 fully saturated rings. The molecule has 134 valence electrons. The van der Waals surface area contributed by atoms with Crippen LogP contribution in [0.5, 0.6) is 0 Å². The fraction of sp³-hybridized carbons (Fsp3) is 0.375. The van der Waals surface area contributed by atoms with Crippen LogP contribution in [0.25, 0.3) is 0 Å². The van der Waals surface area contributed by atoms with Gasteiger partial charge in [-0.2, -0.15) is 18.3 Å². The van der Waals surface area contributed by atoms with Crippen LogP contribution in [0.3, 0.4) is 0 Å². The molecule has 1 atom stereocenters. The SMILES string of the molecule is Cn1nc(C(F)(F)F)c(Cl)c1C(=O)N1CCNC(c2ccccc2)C1. The lowest BCUT2D eigenvalue weighted by molar-refractivity contribution is -0.141. The van der Waals surface area contributed by atoms with Crippen molar-refractivity contribution in [3.63, 3.8) is 0 Å². The number of aromatic nitrogens is 2. The zero-order chi connectivity index (χ0) is 18.2. The summed E-state index contributed by atoms with van der Waals surface area (Å²) in [5, 5.41) is 6.01. The number of nitrogens with one attached hydrogen (secondary N) is 1. The third-order valence-electron chi connectivity index (χ3n) is 4.13. The van der Waals surface area contributed by atoms with Gasteiger partial charge in [0, 0.05) is 32.7 Å². The third-order valence-corrected chi connectivity index (χ3v) is 4.48. The molecule has 3 rings (SSSR count). The van der Waals surface area contributed by atoms with Crippen LogP contribution in [0.1, 0.15) is 27.8 Å². The van der Waals surface area contributed by atoms with Gasteiger partial charge in [0.05, 0.1) is 0 Å². The van der Waals surface area contributed by atoms with Gasteiger partial charge in [0.1, 0.15) is 10.7 Å². The Kier molecular flexibility index (Phi) is 4.75. The number of halogens is 4. The first-order valence-electron chi connectivity index (χ1n) is 7.66. The van der Waals surface area contributed by atoms with Crippen LogP contribution in [0.2, 0.25) is 5.02 Å². The Hall–Kier alpha value is -2.06. The molecular formula is C16H16ClF3N4O. The maximum Gasteiger partial charge on any atom is 0.436 e. The molecule has 1 saturated heterocycles. The lowest BCUT2D eigenvalue weighted by atomic mass is 10.0. The van der Waals surface area contributed by atoms with E-state index in [4.69, 9.17) is 11.6 Å². The van der Waals surface area contributed by atoms with Crippen LogP contribution in [-0.2, 0) is 13.2 Å². The summed E-state index contributed by atoms with van der Waals surface area (Å²) < 4.78 is 39.7. The molecule has 1 aromatic heterocycles. The summed E-state index contributed by atoms with van der Waals surface area (Å²) in [5.41, 5.74) is -0.482. The highest BCUT2D eigenvalue weighted by Gasteiger charge is 2.40. The van der Waals surface area contributed by atoms with E-state index in [1.165, 1.54) is 11.9 Å². The number of piperazine rings is 1. The lowest BCUT2D eigenvalue weighted by Crippen LogP contribution is -2.48. The van der Waals surface area contributed by atoms with Crippen LogP contribution in [0.15, 0.2) is 30.3 Å². The molecule has 1 amide bonds. The third kappa shape index (κ3) is 3.50. The first-order chi connectivity index (χ1) is 11.8. The fourth-order valence-electron chi connectivity index (χ4n) is 2.90. The summed E-state index contributed by atoms with van der Waals surface area (Å²) in [6, 6.07) is 9.46. The summed E-state index contributed by atoms with van der Waals surface area (Å²) >= 11 is 5.82. The Morgan fingerprint density at radius 1 is 1.32 bits per heavy atom. The van der Waals surface area contributed by atoms with Gasteiger partial charge in [-0.1, -0.05) is 41.9 Å². The number of aryl methyl sites for hydroxylation is 1. The molecular weight excluding hydrogens is 357 g/mol. The zero-order valence-electron chi connectivity index (χ0n) is 13.3. The number of benzene rings is 1. The molecule has 0 saturated carbocycles. The number of nitrogens with zero attached hydrogens (tertiary/aromatic N) is 3. The lowest BCUT2D eigenvalue weighted by Gasteiger charge is -2.34. The van der Waals surface area contributed by atoms with E-state index in [1.54, 1.807) is 0 Å². The molecule has 9 heteroatoms. The minimum atomic E-state index is -4.70. The number of carbonyl (C=O) groups excluding carboxylic acids is 1. The second kappa shape index (κ2) is 6.68. The standard InChI is InChI=1S/C16H16ClF3N4O/c1-23-13(12(17)14(22-23)16(18,19)20)15(25)24-8-7-21-11(9-24)10-5-3-2-4-6-10/h2-6,11,21H,7-9H2,1H3. The first-order valence-corrected chi connectivity index (χ1v) is 8.04. The van der Waals surface area contributed by atoms with E-state index in [9.17, 15) is 18.0 Å². The maximum absolute atomic E-state index is 12.9. The second-order valence-corrected chi connectivity index (χ2v) is 6.18. The predicted octanol–water partition coefficient (Wildman–Crippen LogP) is 2.88. The van der Waals surface area contributed by atoms with Gasteiger partial charge >= 0.3 is 6.18 Å². The summed E-state index contributed by atoms with van der Waals surface area (Å²) in [4.78, 5) is 14.2. The predicted molar refractivity (Wildman–Crippen MR) is 86.3 cm³/mol. The van der Waals surface area contributed by atoms with Gasteiger partial charge in [0.2, 0.25) is 0 Å². The Morgan fingerprint density at radius 2 is 2.00 bits per heavy atom. The van der Waals surface area contributed by atoms with Crippen molar-refractivity contribution in [1.29, 1.82) is 0 Å². The van der Waals surface area contributed by atoms with Crippen LogP contribution >= 0.6 is 11.6 Å². The molecule has 0 radical (unpaired) electrons. The van der Waals surface area contributed by atoms with E-state index in [2.05, 4.69) is 10.4 Å². The average molecular weight is 373 g/mol. The molecule has 0 spiro atoms. The summed E-state index contributed by atoms with van der Waals surface area (Å²) in [6.45, 7) is 1.25. The van der Waals surface area contributed by atoms with Crippen molar-refractivity contribution in [2.45, 2.75) is 12.2 Å². The van der Waals surface area contributed by atoms with Crippen LogP contribution in [0, 0.1) is 0 Å². The van der Waals surface area contributed by atoms with Gasteiger partial charge in [-0.05, 0) is 5.56 Å². The second-order valence-electron chi connectivity index (χ2n) is 5.80. The first kappa shape index (κ1) is 17.8. The van der Waals surface area contributed by atoms with Crippen LogP contribution in [0.4, 0.5) is 13.2 Å². The molecule has 1 aromatic carbocycles. The highest BCUT2D eigenvalue weighted by molar-refractivity contribution is 6.34. The van der Waals surface area contributed by atoms with Crippen molar-refractivity contribution in [2.24, 2.45) is 7.05 Å². The van der Waals surface area contributed by atoms with Crippen molar-refractivity contribution in [3.8, 4) is 0 Å².